The van der Waals surface area contributed by atoms with Crippen molar-refractivity contribution in [3.05, 3.63) is 29.8 Å². The van der Waals surface area contributed by atoms with Crippen molar-refractivity contribution in [1.29, 1.82) is 0 Å². The van der Waals surface area contributed by atoms with E-state index in [0.29, 0.717) is 0 Å². The first-order chi connectivity index (χ1) is 5.24. The summed E-state index contributed by atoms with van der Waals surface area (Å²) in [6, 6.07) is 7.54. The van der Waals surface area contributed by atoms with Crippen molar-refractivity contribution in [3.63, 3.8) is 0 Å². The van der Waals surface area contributed by atoms with Gasteiger partial charge in [0.2, 0.25) is 0 Å². The third-order valence-corrected chi connectivity index (χ3v) is 2.32. The van der Waals surface area contributed by atoms with Crippen LogP contribution in [0.5, 0.6) is 0 Å². The highest BCUT2D eigenvalue weighted by Crippen LogP contribution is 2.20. The molecule has 0 aliphatic heterocycles. The van der Waals surface area contributed by atoms with E-state index in [9.17, 15) is 4.39 Å². The predicted octanol–water partition coefficient (Wildman–Crippen LogP) is 3.44. The van der Waals surface area contributed by atoms with Crippen molar-refractivity contribution >= 4 is 11.8 Å². The quantitative estimate of drug-likeness (QED) is 0.613. The molecule has 0 nitrogen and oxygen atoms in total. The van der Waals surface area contributed by atoms with Crippen molar-refractivity contribution in [2.45, 2.75) is 18.0 Å². The molecule has 0 aliphatic rings. The molecule has 0 aromatic heterocycles. The first-order valence-electron chi connectivity index (χ1n) is 3.52. The van der Waals surface area contributed by atoms with Crippen LogP contribution in [0.3, 0.4) is 0 Å². The van der Waals surface area contributed by atoms with Gasteiger partial charge in [0.15, 0.2) is 0 Å². The molecular formula is C9H11FS. The molecule has 11 heavy (non-hydrogen) atoms. The van der Waals surface area contributed by atoms with Gasteiger partial charge in [-0.1, -0.05) is 12.1 Å². The topological polar surface area (TPSA) is 0 Å². The molecule has 0 amide bonds. The molecule has 0 fully saturated rings. The summed E-state index contributed by atoms with van der Waals surface area (Å²) in [7, 11) is 0. The minimum Gasteiger partial charge on any atom is -0.243 e. The van der Waals surface area contributed by atoms with Gasteiger partial charge in [-0.2, -0.15) is 0 Å². The van der Waals surface area contributed by atoms with E-state index in [1.165, 1.54) is 4.90 Å². The highest BCUT2D eigenvalue weighted by atomic mass is 32.2. The summed E-state index contributed by atoms with van der Waals surface area (Å²) in [4.78, 5) is 1.18. The SMILES string of the molecule is CSc1ccc([C@H](C)F)cc1. The van der Waals surface area contributed by atoms with E-state index in [4.69, 9.17) is 0 Å². The average molecular weight is 170 g/mol. The molecule has 1 rings (SSSR count). The van der Waals surface area contributed by atoms with Gasteiger partial charge in [-0.3, -0.25) is 0 Å². The second-order valence-corrected chi connectivity index (χ2v) is 3.27. The predicted molar refractivity (Wildman–Crippen MR) is 47.7 cm³/mol. The lowest BCUT2D eigenvalue weighted by molar-refractivity contribution is 0.374. The Bertz CT molecular complexity index is 216. The molecule has 0 radical (unpaired) electrons. The Labute approximate surface area is 70.8 Å². The fraction of sp³-hybridized carbons (Fsp3) is 0.333. The smallest absolute Gasteiger partial charge is 0.122 e. The Morgan fingerprint density at radius 1 is 1.27 bits per heavy atom. The van der Waals surface area contributed by atoms with Gasteiger partial charge in [0.05, 0.1) is 0 Å². The molecule has 1 atom stereocenters. The van der Waals surface area contributed by atoms with Crippen LogP contribution >= 0.6 is 11.8 Å². The Morgan fingerprint density at radius 2 is 1.82 bits per heavy atom. The standard InChI is InChI=1S/C9H11FS/c1-7(10)8-3-5-9(11-2)6-4-8/h3-7H,1-2H3/t7-/m0/s1. The largest absolute Gasteiger partial charge is 0.243 e. The molecule has 0 heterocycles. The van der Waals surface area contributed by atoms with Crippen molar-refractivity contribution in [2.24, 2.45) is 0 Å². The van der Waals surface area contributed by atoms with E-state index < -0.39 is 6.17 Å². The summed E-state index contributed by atoms with van der Waals surface area (Å²) in [6.45, 7) is 1.55. The highest BCUT2D eigenvalue weighted by molar-refractivity contribution is 7.98. The number of benzene rings is 1. The summed E-state index contributed by atoms with van der Waals surface area (Å²) in [6.07, 6.45) is 1.15. The van der Waals surface area contributed by atoms with Crippen LogP contribution in [0, 0.1) is 0 Å². The van der Waals surface area contributed by atoms with E-state index in [2.05, 4.69) is 0 Å². The molecule has 0 spiro atoms. The summed E-state index contributed by atoms with van der Waals surface area (Å²) >= 11 is 1.67. The number of thioether (sulfide) groups is 1. The molecule has 0 aliphatic carbocycles. The molecule has 0 N–H and O–H groups in total. The maximum atomic E-state index is 12.7. The van der Waals surface area contributed by atoms with E-state index >= 15 is 0 Å². The molecule has 1 aromatic carbocycles. The number of hydrogen-bond acceptors (Lipinski definition) is 1. The maximum Gasteiger partial charge on any atom is 0.122 e. The Kier molecular flexibility index (Phi) is 2.94. The van der Waals surface area contributed by atoms with Gasteiger partial charge in [-0.15, -0.1) is 11.8 Å². The normalized spacial score (nSPS) is 13.0. The van der Waals surface area contributed by atoms with Crippen LogP contribution in [0.4, 0.5) is 4.39 Å². The maximum absolute atomic E-state index is 12.7. The monoisotopic (exact) mass is 170 g/mol. The lowest BCUT2D eigenvalue weighted by Crippen LogP contribution is -1.83. The number of rotatable bonds is 2. The van der Waals surface area contributed by atoms with Gasteiger partial charge in [-0.05, 0) is 30.9 Å². The van der Waals surface area contributed by atoms with Crippen LogP contribution in [0.25, 0.3) is 0 Å². The van der Waals surface area contributed by atoms with Crippen LogP contribution in [0.2, 0.25) is 0 Å². The van der Waals surface area contributed by atoms with Gasteiger partial charge >= 0.3 is 0 Å². The second kappa shape index (κ2) is 3.77. The van der Waals surface area contributed by atoms with Crippen LogP contribution in [0.15, 0.2) is 29.2 Å². The van der Waals surface area contributed by atoms with Crippen LogP contribution in [-0.4, -0.2) is 6.26 Å². The Balaban J connectivity index is 2.83. The van der Waals surface area contributed by atoms with Crippen molar-refractivity contribution in [3.8, 4) is 0 Å². The highest BCUT2D eigenvalue weighted by Gasteiger charge is 2.00. The fourth-order valence-corrected chi connectivity index (χ4v) is 1.28. The first kappa shape index (κ1) is 8.60. The van der Waals surface area contributed by atoms with Crippen LogP contribution in [0.1, 0.15) is 18.7 Å². The Morgan fingerprint density at radius 3 is 2.18 bits per heavy atom. The minimum atomic E-state index is -0.856. The molecule has 0 bridgehead atoms. The number of alkyl halides is 1. The average Bonchev–Trinajstić information content (AvgIpc) is 2.05. The zero-order chi connectivity index (χ0) is 8.27. The van der Waals surface area contributed by atoms with E-state index in [1.807, 2.05) is 30.5 Å². The van der Waals surface area contributed by atoms with Crippen molar-refractivity contribution in [2.75, 3.05) is 6.26 Å². The minimum absolute atomic E-state index is 0.753. The third kappa shape index (κ3) is 2.22. The van der Waals surface area contributed by atoms with E-state index in [0.717, 1.165) is 5.56 Å². The molecule has 2 heteroatoms. The zero-order valence-corrected chi connectivity index (χ0v) is 7.49. The summed E-state index contributed by atoms with van der Waals surface area (Å²) < 4.78 is 12.7. The molecule has 0 unspecified atom stereocenters. The lowest BCUT2D eigenvalue weighted by Gasteiger charge is -2.01. The van der Waals surface area contributed by atoms with Gasteiger partial charge in [0, 0.05) is 4.90 Å². The van der Waals surface area contributed by atoms with Gasteiger partial charge in [0.1, 0.15) is 6.17 Å². The van der Waals surface area contributed by atoms with Gasteiger partial charge in [-0.25, -0.2) is 4.39 Å². The Hall–Kier alpha value is -0.500. The number of hydrogen-bond donors (Lipinski definition) is 0. The summed E-state index contributed by atoms with van der Waals surface area (Å²) in [5, 5.41) is 0. The molecule has 0 saturated heterocycles. The summed E-state index contributed by atoms with van der Waals surface area (Å²) in [5.74, 6) is 0. The van der Waals surface area contributed by atoms with Gasteiger partial charge < -0.3 is 0 Å². The molecule has 0 saturated carbocycles. The summed E-state index contributed by atoms with van der Waals surface area (Å²) in [5.41, 5.74) is 0.753. The van der Waals surface area contributed by atoms with Gasteiger partial charge in [0.25, 0.3) is 0 Å². The fourth-order valence-electron chi connectivity index (χ4n) is 0.869. The molecule has 1 aromatic rings. The first-order valence-corrected chi connectivity index (χ1v) is 4.74. The molecule has 60 valence electrons. The zero-order valence-electron chi connectivity index (χ0n) is 6.67. The van der Waals surface area contributed by atoms with Crippen LogP contribution < -0.4 is 0 Å². The van der Waals surface area contributed by atoms with E-state index in [-0.39, 0.29) is 0 Å². The number of halogens is 1. The van der Waals surface area contributed by atoms with Crippen molar-refractivity contribution in [1.82, 2.24) is 0 Å². The lowest BCUT2D eigenvalue weighted by atomic mass is 10.1. The van der Waals surface area contributed by atoms with E-state index in [1.54, 1.807) is 18.7 Å². The third-order valence-electron chi connectivity index (χ3n) is 1.58. The molecular weight excluding hydrogens is 159 g/mol. The second-order valence-electron chi connectivity index (χ2n) is 2.39. The van der Waals surface area contributed by atoms with Crippen molar-refractivity contribution < 1.29 is 4.39 Å². The van der Waals surface area contributed by atoms with Crippen LogP contribution in [-0.2, 0) is 0 Å².